The second-order valence-corrected chi connectivity index (χ2v) is 20.0. The van der Waals surface area contributed by atoms with E-state index in [2.05, 4.69) is 36.8 Å². The van der Waals surface area contributed by atoms with Crippen LogP contribution in [0, 0.1) is 0 Å². The third kappa shape index (κ3) is 16.7. The SMILES string of the molecule is O=C(CCCCC1SCC2NC(=O)NC21)NCCCCCC(=O)NCCOCCOCCOc1cc(C2(C(F)(F)F)N=N2)ccc1C(=O)NC(COC1C(CO)OC(O)C(O)C1O)COC1C(CO)OC(O)C(O)C1O. The molecule has 430 valence electrons. The van der Waals surface area contributed by atoms with Crippen LogP contribution < -0.4 is 31.3 Å². The number of nitrogens with zero attached hydrogens (tertiary/aromatic N) is 2. The highest BCUT2D eigenvalue weighted by atomic mass is 32.2. The summed E-state index contributed by atoms with van der Waals surface area (Å²) in [5.41, 5.74) is -3.70. The molecular formula is C46H70F3N7O19S. The van der Waals surface area contributed by atoms with Crippen LogP contribution in [0.1, 0.15) is 67.3 Å². The van der Waals surface area contributed by atoms with Crippen molar-refractivity contribution in [3.8, 4) is 5.75 Å². The maximum atomic E-state index is 14.1. The van der Waals surface area contributed by atoms with Crippen molar-refractivity contribution in [2.45, 2.75) is 148 Å². The van der Waals surface area contributed by atoms with Gasteiger partial charge in [-0.15, -0.1) is 10.2 Å². The number of rotatable bonds is 32. The van der Waals surface area contributed by atoms with Crippen LogP contribution in [-0.2, 0) is 43.7 Å². The Hall–Kier alpha value is -4.12. The Morgan fingerprint density at radius 2 is 1.34 bits per heavy atom. The zero-order valence-corrected chi connectivity index (χ0v) is 42.3. The van der Waals surface area contributed by atoms with Crippen LogP contribution in [0.3, 0.4) is 0 Å². The lowest BCUT2D eigenvalue weighted by Crippen LogP contribution is -2.61. The predicted octanol–water partition coefficient (Wildman–Crippen LogP) is -2.47. The minimum absolute atomic E-state index is 0.00397. The number of unbranched alkanes of at least 4 members (excludes halogenated alkanes) is 3. The molecule has 0 bridgehead atoms. The van der Waals surface area contributed by atoms with Crippen LogP contribution in [0.15, 0.2) is 28.4 Å². The number of halogens is 3. The molecule has 76 heavy (non-hydrogen) atoms. The van der Waals surface area contributed by atoms with Crippen LogP contribution in [0.5, 0.6) is 5.75 Å². The molecule has 13 atom stereocenters. The summed E-state index contributed by atoms with van der Waals surface area (Å²) in [6.07, 6.45) is -16.4. The molecule has 0 saturated carbocycles. The van der Waals surface area contributed by atoms with Gasteiger partial charge in [-0.2, -0.15) is 24.9 Å². The fourth-order valence-corrected chi connectivity index (χ4v) is 10.5. The van der Waals surface area contributed by atoms with Crippen LogP contribution >= 0.6 is 11.8 Å². The lowest BCUT2D eigenvalue weighted by Gasteiger charge is -2.41. The summed E-state index contributed by atoms with van der Waals surface area (Å²) in [4.78, 5) is 50.0. The molecule has 5 aliphatic rings. The Balaban J connectivity index is 0.905. The van der Waals surface area contributed by atoms with Crippen LogP contribution in [0.4, 0.5) is 18.0 Å². The van der Waals surface area contributed by atoms with E-state index in [9.17, 15) is 73.2 Å². The van der Waals surface area contributed by atoms with Crippen molar-refractivity contribution < 1.29 is 106 Å². The van der Waals surface area contributed by atoms with Crippen molar-refractivity contribution in [1.82, 2.24) is 26.6 Å². The van der Waals surface area contributed by atoms with E-state index < -0.39 is 117 Å². The number of aliphatic hydroxyl groups excluding tert-OH is 8. The number of hydrogen-bond donors (Lipinski definition) is 13. The molecule has 30 heteroatoms. The highest BCUT2D eigenvalue weighted by Gasteiger charge is 2.65. The quantitative estimate of drug-likeness (QED) is 0.0263. The Kier molecular flexibility index (Phi) is 23.5. The summed E-state index contributed by atoms with van der Waals surface area (Å²) in [5, 5.41) is 102. The summed E-state index contributed by atoms with van der Waals surface area (Å²) in [6, 6.07) is 1.81. The minimum atomic E-state index is -4.94. The monoisotopic (exact) mass is 1110 g/mol. The first-order chi connectivity index (χ1) is 36.4. The fourth-order valence-electron chi connectivity index (χ4n) is 8.94. The van der Waals surface area contributed by atoms with Crippen LogP contribution in [-0.4, -0.2) is 234 Å². The van der Waals surface area contributed by atoms with Gasteiger partial charge in [0.15, 0.2) is 12.6 Å². The Morgan fingerprint density at radius 3 is 1.93 bits per heavy atom. The molecular weight excluding hydrogens is 1040 g/mol. The topological polar surface area (TPSA) is 380 Å². The first-order valence-corrected chi connectivity index (χ1v) is 26.2. The van der Waals surface area contributed by atoms with Crippen molar-refractivity contribution in [3.05, 3.63) is 29.3 Å². The molecule has 13 N–H and O–H groups in total. The third-order valence-corrected chi connectivity index (χ3v) is 14.7. The van der Waals surface area contributed by atoms with E-state index in [1.54, 1.807) is 0 Å². The highest BCUT2D eigenvalue weighted by Crippen LogP contribution is 2.53. The number of hydrogen-bond acceptors (Lipinski definition) is 22. The van der Waals surface area contributed by atoms with Gasteiger partial charge in [0.05, 0.1) is 76.5 Å². The van der Waals surface area contributed by atoms with Crippen molar-refractivity contribution >= 4 is 35.5 Å². The van der Waals surface area contributed by atoms with Crippen LogP contribution in [0.2, 0.25) is 0 Å². The number of aliphatic hydroxyl groups is 8. The number of urea groups is 1. The summed E-state index contributed by atoms with van der Waals surface area (Å²) in [7, 11) is 0. The molecule has 1 aromatic carbocycles. The normalized spacial score (nSPS) is 30.0. The molecule has 0 radical (unpaired) electrons. The van der Waals surface area contributed by atoms with Gasteiger partial charge >= 0.3 is 17.9 Å². The van der Waals surface area contributed by atoms with E-state index >= 15 is 0 Å². The largest absolute Gasteiger partial charge is 0.490 e. The van der Waals surface area contributed by atoms with Crippen LogP contribution in [0.25, 0.3) is 0 Å². The molecule has 13 unspecified atom stereocenters. The summed E-state index contributed by atoms with van der Waals surface area (Å²) in [6.45, 7) is -2.17. The molecule has 5 amide bonds. The van der Waals surface area contributed by atoms with E-state index in [1.165, 1.54) is 0 Å². The number of ether oxygens (including phenoxy) is 7. The fraction of sp³-hybridized carbons (Fsp3) is 0.783. The van der Waals surface area contributed by atoms with E-state index in [4.69, 9.17) is 33.2 Å². The van der Waals surface area contributed by atoms with Gasteiger partial charge in [0, 0.05) is 42.5 Å². The van der Waals surface area contributed by atoms with Gasteiger partial charge in [0.25, 0.3) is 5.91 Å². The number of fused-ring (bicyclic) bond motifs is 1. The molecule has 1 aromatic rings. The van der Waals surface area contributed by atoms with Crippen molar-refractivity contribution in [1.29, 1.82) is 0 Å². The maximum Gasteiger partial charge on any atom is 0.442 e. The number of carbonyl (C=O) groups excluding carboxylic acids is 4. The number of amides is 5. The lowest BCUT2D eigenvalue weighted by molar-refractivity contribution is -0.299. The average molecular weight is 1110 g/mol. The Labute approximate surface area is 439 Å². The number of alkyl halides is 3. The second kappa shape index (κ2) is 29.2. The third-order valence-electron chi connectivity index (χ3n) is 13.2. The average Bonchev–Trinajstić information content (AvgIpc) is 4.10. The van der Waals surface area contributed by atoms with Gasteiger partial charge in [-0.3, -0.25) is 14.4 Å². The summed E-state index contributed by atoms with van der Waals surface area (Å²) >= 11 is 1.85. The van der Waals surface area contributed by atoms with Crippen molar-refractivity contribution in [2.75, 3.05) is 78.3 Å². The molecule has 0 aliphatic carbocycles. The molecule has 0 spiro atoms. The van der Waals surface area contributed by atoms with Gasteiger partial charge in [-0.1, -0.05) is 18.9 Å². The standard InChI is InChI=1S/C46H70F3N7O19S/c47-46(48,49)45(55-56-45)24-9-10-26(41(65)52-25(21-72-39-29(19-57)74-42(66)37(63)35(39)61)22-73-40-30(20-58)75-43(67)38(64)36(40)62)28(18-24)71-17-16-70-15-14-69-13-12-51-33(60)7-2-1-5-11-50-32(59)8-4-3-6-31-34-27(23-76-31)53-44(68)54-34/h9-10,18,25,27,29-31,34-40,42-43,57-58,61-64,66-67H,1-8,11-17,19-23H2,(H,50,59)(H,51,60)(H,52,65)(H2,53,54,68). The number of carbonyl (C=O) groups is 4. The number of benzene rings is 1. The van der Waals surface area contributed by atoms with Gasteiger partial charge in [0.2, 0.25) is 11.8 Å². The van der Waals surface area contributed by atoms with E-state index in [0.717, 1.165) is 56.1 Å². The lowest BCUT2D eigenvalue weighted by atomic mass is 9.98. The molecule has 5 heterocycles. The van der Waals surface area contributed by atoms with Crippen molar-refractivity contribution in [3.63, 3.8) is 0 Å². The van der Waals surface area contributed by atoms with E-state index in [-0.39, 0.29) is 80.8 Å². The zero-order chi connectivity index (χ0) is 55.0. The first kappa shape index (κ1) is 61.1. The summed E-state index contributed by atoms with van der Waals surface area (Å²) in [5.74, 6) is -0.612. The molecule has 0 aromatic heterocycles. The van der Waals surface area contributed by atoms with E-state index in [1.807, 2.05) is 11.8 Å². The van der Waals surface area contributed by atoms with Gasteiger partial charge in [-0.05, 0) is 37.8 Å². The molecule has 4 saturated heterocycles. The molecule has 26 nitrogen and oxygen atoms in total. The second-order valence-electron chi connectivity index (χ2n) is 18.8. The molecule has 5 aliphatic heterocycles. The molecule has 4 fully saturated rings. The minimum Gasteiger partial charge on any atom is -0.490 e. The zero-order valence-electron chi connectivity index (χ0n) is 41.5. The first-order valence-electron chi connectivity index (χ1n) is 25.2. The smallest absolute Gasteiger partial charge is 0.442 e. The van der Waals surface area contributed by atoms with Gasteiger partial charge in [0.1, 0.15) is 61.2 Å². The maximum absolute atomic E-state index is 14.1. The Morgan fingerprint density at radius 1 is 0.763 bits per heavy atom. The van der Waals surface area contributed by atoms with Gasteiger partial charge in [-0.25, -0.2) is 4.79 Å². The van der Waals surface area contributed by atoms with E-state index in [0.29, 0.717) is 31.1 Å². The van der Waals surface area contributed by atoms with Crippen molar-refractivity contribution in [2.24, 2.45) is 10.2 Å². The highest BCUT2D eigenvalue weighted by molar-refractivity contribution is 8.00. The van der Waals surface area contributed by atoms with Gasteiger partial charge < -0.3 is 101 Å². The predicted molar refractivity (Wildman–Crippen MR) is 255 cm³/mol. The Bertz CT molecular complexity index is 2030. The number of thioether (sulfide) groups is 1. The molecule has 6 rings (SSSR count). The summed E-state index contributed by atoms with van der Waals surface area (Å²) < 4.78 is 80.7. The number of nitrogens with one attached hydrogen (secondary N) is 5.